The topological polar surface area (TPSA) is 105 Å². The van der Waals surface area contributed by atoms with Gasteiger partial charge in [-0.25, -0.2) is 19.6 Å². The summed E-state index contributed by atoms with van der Waals surface area (Å²) in [6.45, 7) is 4.25. The van der Waals surface area contributed by atoms with Crippen molar-refractivity contribution in [2.24, 2.45) is 5.92 Å². The van der Waals surface area contributed by atoms with Crippen molar-refractivity contribution < 1.29 is 14.3 Å². The molecular weight excluding hydrogens is 430 g/mol. The number of nitrogens with zero attached hydrogens (tertiary/aromatic N) is 2. The molecule has 0 saturated heterocycles. The van der Waals surface area contributed by atoms with Crippen molar-refractivity contribution in [3.63, 3.8) is 0 Å². The van der Waals surface area contributed by atoms with Gasteiger partial charge >= 0.3 is 12.0 Å². The second-order valence-electron chi connectivity index (χ2n) is 7.52. The highest BCUT2D eigenvalue weighted by atomic mass is 35.5. The average Bonchev–Trinajstić information content (AvgIpc) is 2.79. The van der Waals surface area contributed by atoms with Gasteiger partial charge in [-0.2, -0.15) is 0 Å². The number of aromatic nitrogens is 2. The largest absolute Gasteiger partial charge is 0.467 e. The van der Waals surface area contributed by atoms with Crippen LogP contribution in [0.3, 0.4) is 0 Å². The van der Waals surface area contributed by atoms with E-state index in [2.05, 4.69) is 25.9 Å². The molecule has 168 valence electrons. The van der Waals surface area contributed by atoms with E-state index in [9.17, 15) is 9.59 Å². The molecule has 1 atom stereocenters. The first-order chi connectivity index (χ1) is 15.4. The number of amides is 2. The Hall–Kier alpha value is -3.39. The standard InChI is InChI=1S/C23H26ClN5O3/c1-14(2)20(22(30)32-3)29-21-16-9-5-7-11-18(16)27-19(28-21)13-26-23(31)25-12-15-8-4-6-10-17(15)24/h4-11,14,20H,12-13H2,1-3H3,(H2,25,26,31)(H,27,28,29)/t20-/m0/s1. The minimum absolute atomic E-state index is 0.0201. The molecule has 32 heavy (non-hydrogen) atoms. The highest BCUT2D eigenvalue weighted by Crippen LogP contribution is 2.22. The zero-order valence-corrected chi connectivity index (χ0v) is 18.9. The molecule has 0 unspecified atom stereocenters. The van der Waals surface area contributed by atoms with Gasteiger partial charge in [0.1, 0.15) is 11.9 Å². The number of esters is 1. The number of hydrogen-bond donors (Lipinski definition) is 3. The molecule has 8 nitrogen and oxygen atoms in total. The minimum Gasteiger partial charge on any atom is -0.467 e. The van der Waals surface area contributed by atoms with E-state index in [4.69, 9.17) is 16.3 Å². The molecule has 0 aliphatic heterocycles. The molecule has 2 amide bonds. The number of carbonyl (C=O) groups excluding carboxylic acids is 2. The maximum Gasteiger partial charge on any atom is 0.328 e. The van der Waals surface area contributed by atoms with Gasteiger partial charge in [0.15, 0.2) is 5.82 Å². The third kappa shape index (κ3) is 5.85. The summed E-state index contributed by atoms with van der Waals surface area (Å²) in [6, 6.07) is 13.8. The van der Waals surface area contributed by atoms with Gasteiger partial charge in [-0.05, 0) is 29.7 Å². The number of ether oxygens (including phenoxy) is 1. The number of halogens is 1. The fraction of sp³-hybridized carbons (Fsp3) is 0.304. The Labute approximate surface area is 191 Å². The Morgan fingerprint density at radius 1 is 1.00 bits per heavy atom. The van der Waals surface area contributed by atoms with Crippen LogP contribution in [0.2, 0.25) is 5.02 Å². The number of para-hydroxylation sites is 1. The Morgan fingerprint density at radius 2 is 1.69 bits per heavy atom. The molecule has 0 aliphatic carbocycles. The molecule has 1 aromatic heterocycles. The zero-order valence-electron chi connectivity index (χ0n) is 18.2. The molecular formula is C23H26ClN5O3. The predicted octanol–water partition coefficient (Wildman–Crippen LogP) is 3.89. The van der Waals surface area contributed by atoms with Crippen LogP contribution in [-0.4, -0.2) is 35.1 Å². The maximum absolute atomic E-state index is 12.2. The molecule has 9 heteroatoms. The number of urea groups is 1. The first kappa shape index (κ1) is 23.3. The number of benzene rings is 2. The number of rotatable bonds is 8. The van der Waals surface area contributed by atoms with E-state index in [1.807, 2.05) is 56.3 Å². The SMILES string of the molecule is COC(=O)[C@@H](Nc1nc(CNC(=O)NCc2ccccc2Cl)nc2ccccc12)C(C)C. The van der Waals surface area contributed by atoms with Crippen LogP contribution in [0.15, 0.2) is 48.5 Å². The van der Waals surface area contributed by atoms with E-state index in [1.165, 1.54) is 7.11 Å². The number of fused-ring (bicyclic) bond motifs is 1. The van der Waals surface area contributed by atoms with Crippen LogP contribution < -0.4 is 16.0 Å². The van der Waals surface area contributed by atoms with E-state index in [1.54, 1.807) is 6.07 Å². The zero-order chi connectivity index (χ0) is 23.1. The van der Waals surface area contributed by atoms with Gasteiger partial charge in [-0.3, -0.25) is 0 Å². The number of carbonyl (C=O) groups is 2. The van der Waals surface area contributed by atoms with Crippen molar-refractivity contribution >= 4 is 40.3 Å². The minimum atomic E-state index is -0.571. The molecule has 3 aromatic rings. The van der Waals surface area contributed by atoms with Crippen molar-refractivity contribution in [1.29, 1.82) is 0 Å². The third-order valence-electron chi connectivity index (χ3n) is 4.87. The van der Waals surface area contributed by atoms with Crippen molar-refractivity contribution in [3.05, 3.63) is 64.9 Å². The van der Waals surface area contributed by atoms with Crippen LogP contribution >= 0.6 is 11.6 Å². The van der Waals surface area contributed by atoms with E-state index in [0.717, 1.165) is 10.9 Å². The lowest BCUT2D eigenvalue weighted by molar-refractivity contribution is -0.142. The van der Waals surface area contributed by atoms with Gasteiger partial charge in [0, 0.05) is 17.0 Å². The van der Waals surface area contributed by atoms with Crippen LogP contribution in [0.5, 0.6) is 0 Å². The maximum atomic E-state index is 12.2. The van der Waals surface area contributed by atoms with Crippen LogP contribution in [0, 0.1) is 5.92 Å². The van der Waals surface area contributed by atoms with E-state index in [0.29, 0.717) is 28.7 Å². The summed E-state index contributed by atoms with van der Waals surface area (Å²) in [4.78, 5) is 33.5. The second-order valence-corrected chi connectivity index (χ2v) is 7.93. The van der Waals surface area contributed by atoms with Crippen LogP contribution in [0.25, 0.3) is 10.9 Å². The van der Waals surface area contributed by atoms with E-state index < -0.39 is 6.04 Å². The van der Waals surface area contributed by atoms with Crippen LogP contribution in [0.4, 0.5) is 10.6 Å². The number of hydrogen-bond acceptors (Lipinski definition) is 6. The van der Waals surface area contributed by atoms with Gasteiger partial charge in [0.25, 0.3) is 0 Å². The predicted molar refractivity (Wildman–Crippen MR) is 124 cm³/mol. The van der Waals surface area contributed by atoms with Gasteiger partial charge in [0.05, 0.1) is 19.2 Å². The van der Waals surface area contributed by atoms with Crippen LogP contribution in [-0.2, 0) is 22.6 Å². The molecule has 0 spiro atoms. The first-order valence-corrected chi connectivity index (χ1v) is 10.6. The third-order valence-corrected chi connectivity index (χ3v) is 5.24. The summed E-state index contributed by atoms with van der Waals surface area (Å²) < 4.78 is 4.92. The Bertz CT molecular complexity index is 1110. The van der Waals surface area contributed by atoms with Crippen molar-refractivity contribution in [2.75, 3.05) is 12.4 Å². The van der Waals surface area contributed by atoms with E-state index >= 15 is 0 Å². The number of anilines is 1. The molecule has 0 aliphatic rings. The molecule has 2 aromatic carbocycles. The molecule has 0 saturated carbocycles. The fourth-order valence-corrected chi connectivity index (χ4v) is 3.33. The highest BCUT2D eigenvalue weighted by molar-refractivity contribution is 6.31. The molecule has 1 heterocycles. The normalized spacial score (nSPS) is 11.8. The highest BCUT2D eigenvalue weighted by Gasteiger charge is 2.24. The lowest BCUT2D eigenvalue weighted by Gasteiger charge is -2.21. The Balaban J connectivity index is 1.73. The molecule has 0 radical (unpaired) electrons. The summed E-state index contributed by atoms with van der Waals surface area (Å²) in [7, 11) is 1.36. The lowest BCUT2D eigenvalue weighted by Crippen LogP contribution is -2.36. The number of methoxy groups -OCH3 is 1. The van der Waals surface area contributed by atoms with Gasteiger partial charge < -0.3 is 20.7 Å². The van der Waals surface area contributed by atoms with Crippen molar-refractivity contribution in [1.82, 2.24) is 20.6 Å². The monoisotopic (exact) mass is 455 g/mol. The first-order valence-electron chi connectivity index (χ1n) is 10.2. The molecule has 0 fully saturated rings. The van der Waals surface area contributed by atoms with Crippen molar-refractivity contribution in [3.8, 4) is 0 Å². The van der Waals surface area contributed by atoms with Crippen molar-refractivity contribution in [2.45, 2.75) is 33.0 Å². The van der Waals surface area contributed by atoms with Gasteiger partial charge in [0.2, 0.25) is 0 Å². The summed E-state index contributed by atoms with van der Waals surface area (Å²) in [5.41, 5.74) is 1.52. The fourth-order valence-electron chi connectivity index (χ4n) is 3.12. The summed E-state index contributed by atoms with van der Waals surface area (Å²) >= 11 is 6.12. The Morgan fingerprint density at radius 3 is 2.41 bits per heavy atom. The average molecular weight is 456 g/mol. The lowest BCUT2D eigenvalue weighted by atomic mass is 10.0. The van der Waals surface area contributed by atoms with Gasteiger partial charge in [-0.15, -0.1) is 0 Å². The summed E-state index contributed by atoms with van der Waals surface area (Å²) in [5.74, 6) is 0.522. The van der Waals surface area contributed by atoms with Gasteiger partial charge in [-0.1, -0.05) is 55.8 Å². The summed E-state index contributed by atoms with van der Waals surface area (Å²) in [6.07, 6.45) is 0. The molecule has 0 bridgehead atoms. The molecule has 3 rings (SSSR count). The smallest absolute Gasteiger partial charge is 0.328 e. The van der Waals surface area contributed by atoms with Crippen LogP contribution in [0.1, 0.15) is 25.2 Å². The second kappa shape index (κ2) is 10.8. The quantitative estimate of drug-likeness (QED) is 0.445. The number of nitrogens with one attached hydrogen (secondary N) is 3. The summed E-state index contributed by atoms with van der Waals surface area (Å²) in [5, 5.41) is 10.1. The molecule has 3 N–H and O–H groups in total. The van der Waals surface area contributed by atoms with E-state index in [-0.39, 0.29) is 24.5 Å². The Kier molecular flexibility index (Phi) is 7.83.